The third-order valence-electron chi connectivity index (χ3n) is 3.33. The van der Waals surface area contributed by atoms with E-state index in [9.17, 15) is 13.2 Å². The Bertz CT molecular complexity index is 667. The van der Waals surface area contributed by atoms with E-state index in [1.54, 1.807) is 17.0 Å². The number of thiophene rings is 1. The van der Waals surface area contributed by atoms with Crippen LogP contribution in [0.4, 0.5) is 4.79 Å². The Kier molecular flexibility index (Phi) is 5.76. The monoisotopic (exact) mass is 424 g/mol. The molecule has 1 fully saturated rings. The number of sulfonamides is 1. The number of hydrogen-bond donors (Lipinski definition) is 1. The first-order valence-electron chi connectivity index (χ1n) is 7.33. The van der Waals surface area contributed by atoms with Gasteiger partial charge in [0.05, 0.1) is 3.79 Å². The summed E-state index contributed by atoms with van der Waals surface area (Å²) in [4.78, 5) is 13.8. The maximum Gasteiger partial charge on any atom is 0.410 e. The fourth-order valence-electron chi connectivity index (χ4n) is 2.33. The van der Waals surface area contributed by atoms with Crippen molar-refractivity contribution in [3.05, 3.63) is 15.9 Å². The number of hydrogen-bond acceptors (Lipinski definition) is 5. The quantitative estimate of drug-likeness (QED) is 0.804. The van der Waals surface area contributed by atoms with E-state index in [4.69, 9.17) is 4.74 Å². The zero-order valence-electron chi connectivity index (χ0n) is 13.3. The van der Waals surface area contributed by atoms with Crippen LogP contribution in [0.15, 0.2) is 20.1 Å². The van der Waals surface area contributed by atoms with Crippen LogP contribution in [0.2, 0.25) is 0 Å². The van der Waals surface area contributed by atoms with E-state index in [1.807, 2.05) is 20.8 Å². The first kappa shape index (κ1) is 18.7. The van der Waals surface area contributed by atoms with Crippen LogP contribution in [0.3, 0.4) is 0 Å². The van der Waals surface area contributed by atoms with Crippen molar-refractivity contribution < 1.29 is 17.9 Å². The summed E-state index contributed by atoms with van der Waals surface area (Å²) in [7, 11) is -3.55. The van der Waals surface area contributed by atoms with Crippen molar-refractivity contribution in [3.63, 3.8) is 0 Å². The zero-order valence-corrected chi connectivity index (χ0v) is 16.6. The summed E-state index contributed by atoms with van der Waals surface area (Å²) in [5.41, 5.74) is -0.563. The first-order chi connectivity index (χ1) is 10.6. The lowest BCUT2D eigenvalue weighted by atomic mass is 10.2. The summed E-state index contributed by atoms with van der Waals surface area (Å²) in [6.45, 7) is 6.22. The van der Waals surface area contributed by atoms with E-state index < -0.39 is 21.7 Å². The molecule has 0 saturated carbocycles. The third kappa shape index (κ3) is 5.17. The Hall–Kier alpha value is -0.640. The van der Waals surface area contributed by atoms with Crippen molar-refractivity contribution in [2.45, 2.75) is 49.5 Å². The maximum atomic E-state index is 12.3. The Morgan fingerprint density at radius 3 is 2.74 bits per heavy atom. The van der Waals surface area contributed by atoms with Crippen LogP contribution in [-0.2, 0) is 14.8 Å². The molecule has 6 nitrogen and oxygen atoms in total. The number of carbonyl (C=O) groups is 1. The number of carbonyl (C=O) groups excluding carboxylic acids is 1. The minimum absolute atomic E-state index is 0.178. The average Bonchev–Trinajstić information content (AvgIpc) is 3.03. The van der Waals surface area contributed by atoms with Crippen LogP contribution in [-0.4, -0.2) is 44.1 Å². The minimum Gasteiger partial charge on any atom is -0.444 e. The summed E-state index contributed by atoms with van der Waals surface area (Å²) >= 11 is 4.41. The first-order valence-corrected chi connectivity index (χ1v) is 10.4. The molecule has 1 aliphatic heterocycles. The van der Waals surface area contributed by atoms with Crippen molar-refractivity contribution >= 4 is 43.4 Å². The number of nitrogens with one attached hydrogen (secondary N) is 1. The summed E-state index contributed by atoms with van der Waals surface area (Å²) in [5.74, 6) is 0. The molecule has 2 rings (SSSR count). The van der Waals surface area contributed by atoms with Gasteiger partial charge in [-0.1, -0.05) is 0 Å². The van der Waals surface area contributed by atoms with Crippen molar-refractivity contribution in [3.8, 4) is 0 Å². The van der Waals surface area contributed by atoms with Gasteiger partial charge in [-0.15, -0.1) is 11.3 Å². The van der Waals surface area contributed by atoms with Gasteiger partial charge < -0.3 is 9.64 Å². The highest BCUT2D eigenvalue weighted by Gasteiger charge is 2.33. The molecule has 0 spiro atoms. The van der Waals surface area contributed by atoms with Gasteiger partial charge in [0, 0.05) is 19.1 Å². The van der Waals surface area contributed by atoms with E-state index in [2.05, 4.69) is 20.7 Å². The molecule has 1 atom stereocenters. The Balaban J connectivity index is 1.98. The smallest absolute Gasteiger partial charge is 0.410 e. The normalized spacial score (nSPS) is 19.1. The summed E-state index contributed by atoms with van der Waals surface area (Å²) in [6, 6.07) is 3.07. The second-order valence-electron chi connectivity index (χ2n) is 6.38. The van der Waals surface area contributed by atoms with Crippen LogP contribution in [0.1, 0.15) is 33.6 Å². The van der Waals surface area contributed by atoms with E-state index >= 15 is 0 Å². The number of nitrogens with zero attached hydrogens (tertiary/aromatic N) is 1. The number of ether oxygens (including phenoxy) is 1. The molecule has 1 aliphatic rings. The van der Waals surface area contributed by atoms with Crippen molar-refractivity contribution in [1.29, 1.82) is 0 Å². The van der Waals surface area contributed by atoms with Gasteiger partial charge in [0.1, 0.15) is 9.81 Å². The number of amides is 1. The molecule has 1 amide bonds. The maximum absolute atomic E-state index is 12.3. The van der Waals surface area contributed by atoms with Gasteiger partial charge in [-0.3, -0.25) is 0 Å². The van der Waals surface area contributed by atoms with Crippen LogP contribution in [0.5, 0.6) is 0 Å². The van der Waals surface area contributed by atoms with E-state index in [0.717, 1.165) is 28.0 Å². The molecule has 1 aromatic rings. The largest absolute Gasteiger partial charge is 0.444 e. The predicted molar refractivity (Wildman–Crippen MR) is 93.2 cm³/mol. The van der Waals surface area contributed by atoms with E-state index in [-0.39, 0.29) is 16.8 Å². The average molecular weight is 425 g/mol. The minimum atomic E-state index is -3.55. The number of halogens is 1. The fourth-order valence-corrected chi connectivity index (χ4v) is 5.46. The molecule has 2 heterocycles. The molecular weight excluding hydrogens is 404 g/mol. The molecule has 0 aliphatic carbocycles. The van der Waals surface area contributed by atoms with E-state index in [1.165, 1.54) is 0 Å². The highest BCUT2D eigenvalue weighted by atomic mass is 79.9. The standard InChI is InChI=1S/C14H21BrN2O4S2/c1-14(2,3)21-13(18)17-8-4-5-10(17)9-16-23(19,20)12-7-6-11(15)22-12/h6-7,10,16H,4-5,8-9H2,1-3H3/t10-/m1/s1. The molecule has 9 heteroatoms. The lowest BCUT2D eigenvalue weighted by Gasteiger charge is -2.28. The van der Waals surface area contributed by atoms with Crippen LogP contribution < -0.4 is 4.72 Å². The molecule has 1 N–H and O–H groups in total. The van der Waals surface area contributed by atoms with Crippen molar-refractivity contribution in [2.75, 3.05) is 13.1 Å². The van der Waals surface area contributed by atoms with Crippen LogP contribution in [0, 0.1) is 0 Å². The molecular formula is C14H21BrN2O4S2. The lowest BCUT2D eigenvalue weighted by Crippen LogP contribution is -2.45. The van der Waals surface area contributed by atoms with Crippen molar-refractivity contribution in [1.82, 2.24) is 9.62 Å². The van der Waals surface area contributed by atoms with Gasteiger partial charge in [0.25, 0.3) is 0 Å². The highest BCUT2D eigenvalue weighted by Crippen LogP contribution is 2.26. The lowest BCUT2D eigenvalue weighted by molar-refractivity contribution is 0.0229. The fraction of sp³-hybridized carbons (Fsp3) is 0.643. The predicted octanol–water partition coefficient (Wildman–Crippen LogP) is 3.19. The summed E-state index contributed by atoms with van der Waals surface area (Å²) in [6.07, 6.45) is 1.21. The molecule has 1 saturated heterocycles. The second kappa shape index (κ2) is 7.08. The van der Waals surface area contributed by atoms with Gasteiger partial charge in [-0.25, -0.2) is 17.9 Å². The molecule has 0 radical (unpaired) electrons. The summed E-state index contributed by atoms with van der Waals surface area (Å²) in [5, 5.41) is 0. The van der Waals surface area contributed by atoms with Gasteiger partial charge in [0.15, 0.2) is 0 Å². The Labute approximate surface area is 149 Å². The van der Waals surface area contributed by atoms with Gasteiger partial charge in [-0.05, 0) is 61.7 Å². The molecule has 23 heavy (non-hydrogen) atoms. The van der Waals surface area contributed by atoms with Gasteiger partial charge >= 0.3 is 6.09 Å². The molecule has 0 aromatic carbocycles. The SMILES string of the molecule is CC(C)(C)OC(=O)N1CCC[C@@H]1CNS(=O)(=O)c1ccc(Br)s1. The van der Waals surface area contributed by atoms with Crippen LogP contribution >= 0.6 is 27.3 Å². The second-order valence-corrected chi connectivity index (χ2v) is 10.8. The third-order valence-corrected chi connectivity index (χ3v) is 6.87. The Morgan fingerprint density at radius 2 is 2.17 bits per heavy atom. The Morgan fingerprint density at radius 1 is 1.48 bits per heavy atom. The van der Waals surface area contributed by atoms with E-state index in [0.29, 0.717) is 6.54 Å². The van der Waals surface area contributed by atoms with Crippen LogP contribution in [0.25, 0.3) is 0 Å². The topological polar surface area (TPSA) is 75.7 Å². The van der Waals surface area contributed by atoms with Gasteiger partial charge in [-0.2, -0.15) is 0 Å². The molecule has 130 valence electrons. The number of likely N-dealkylation sites (tertiary alicyclic amines) is 1. The molecule has 0 bridgehead atoms. The zero-order chi connectivity index (χ0) is 17.3. The highest BCUT2D eigenvalue weighted by molar-refractivity contribution is 9.11. The molecule has 1 aromatic heterocycles. The van der Waals surface area contributed by atoms with Crippen molar-refractivity contribution in [2.24, 2.45) is 0 Å². The molecule has 0 unspecified atom stereocenters. The summed E-state index contributed by atoms with van der Waals surface area (Å²) < 4.78 is 33.5. The number of rotatable bonds is 4. The van der Waals surface area contributed by atoms with Gasteiger partial charge in [0.2, 0.25) is 10.0 Å².